The predicted octanol–water partition coefficient (Wildman–Crippen LogP) is 3.86. The second-order valence-corrected chi connectivity index (χ2v) is 7.71. The van der Waals surface area contributed by atoms with Crippen molar-refractivity contribution in [1.82, 2.24) is 0 Å². The molecule has 0 aliphatic carbocycles. The summed E-state index contributed by atoms with van der Waals surface area (Å²) in [6, 6.07) is 10.4. The number of para-hydroxylation sites is 1. The van der Waals surface area contributed by atoms with Crippen molar-refractivity contribution in [3.05, 3.63) is 63.1 Å². The van der Waals surface area contributed by atoms with E-state index in [-0.39, 0.29) is 16.3 Å². The van der Waals surface area contributed by atoms with Crippen LogP contribution in [0.1, 0.15) is 0 Å². The zero-order valence-electron chi connectivity index (χ0n) is 12.7. The molecule has 134 valence electrons. The van der Waals surface area contributed by atoms with E-state index in [4.69, 9.17) is 0 Å². The summed E-state index contributed by atoms with van der Waals surface area (Å²) in [5, 5.41) is 10.7. The minimum atomic E-state index is -4.25. The summed E-state index contributed by atoms with van der Waals surface area (Å²) in [7, 11) is -4.25. The fraction of sp³-hybridized carbons (Fsp3) is 0.200. The van der Waals surface area contributed by atoms with Crippen molar-refractivity contribution in [1.29, 1.82) is 0 Å². The van der Waals surface area contributed by atoms with Gasteiger partial charge in [0.05, 0.1) is 22.1 Å². The molecule has 10 heteroatoms. The molecule has 0 saturated carbocycles. The largest absolute Gasteiger partial charge is 0.269 e. The molecule has 25 heavy (non-hydrogen) atoms. The SMILES string of the molecule is O=[N+]([O-])c1ccc(S(=O)(=O)N(CC(F)CF)c2ccccc2Br)cc1. The van der Waals surface area contributed by atoms with Crippen LogP contribution in [-0.4, -0.2) is 32.7 Å². The van der Waals surface area contributed by atoms with Gasteiger partial charge in [0.1, 0.15) is 12.8 Å². The monoisotopic (exact) mass is 434 g/mol. The zero-order valence-corrected chi connectivity index (χ0v) is 15.1. The van der Waals surface area contributed by atoms with E-state index in [0.29, 0.717) is 4.47 Å². The van der Waals surface area contributed by atoms with Crippen LogP contribution in [0.3, 0.4) is 0 Å². The van der Waals surface area contributed by atoms with Crippen molar-refractivity contribution < 1.29 is 22.1 Å². The van der Waals surface area contributed by atoms with Crippen molar-refractivity contribution >= 4 is 37.3 Å². The number of benzene rings is 2. The Morgan fingerprint density at radius 1 is 1.16 bits per heavy atom. The van der Waals surface area contributed by atoms with Gasteiger partial charge < -0.3 is 0 Å². The van der Waals surface area contributed by atoms with Gasteiger partial charge in [-0.2, -0.15) is 0 Å². The Hall–Kier alpha value is -2.07. The Morgan fingerprint density at radius 3 is 2.28 bits per heavy atom. The molecular weight excluding hydrogens is 422 g/mol. The average Bonchev–Trinajstić information content (AvgIpc) is 2.60. The normalized spacial score (nSPS) is 12.6. The minimum absolute atomic E-state index is 0.136. The molecule has 0 aliphatic heterocycles. The summed E-state index contributed by atoms with van der Waals surface area (Å²) in [5.41, 5.74) is -0.143. The van der Waals surface area contributed by atoms with Crippen LogP contribution >= 0.6 is 15.9 Å². The van der Waals surface area contributed by atoms with Crippen LogP contribution in [0.5, 0.6) is 0 Å². The van der Waals surface area contributed by atoms with E-state index < -0.39 is 34.3 Å². The van der Waals surface area contributed by atoms with E-state index in [2.05, 4.69) is 15.9 Å². The number of hydrogen-bond donors (Lipinski definition) is 0. The first kappa shape index (κ1) is 19.3. The number of rotatable bonds is 7. The van der Waals surface area contributed by atoms with Crippen LogP contribution in [0.2, 0.25) is 0 Å². The molecule has 0 spiro atoms. The predicted molar refractivity (Wildman–Crippen MR) is 92.6 cm³/mol. The lowest BCUT2D eigenvalue weighted by molar-refractivity contribution is -0.384. The first-order valence-corrected chi connectivity index (χ1v) is 9.22. The van der Waals surface area contributed by atoms with E-state index >= 15 is 0 Å². The molecule has 0 bridgehead atoms. The summed E-state index contributed by atoms with van der Waals surface area (Å²) < 4.78 is 53.1. The third-order valence-electron chi connectivity index (χ3n) is 3.29. The third-order valence-corrected chi connectivity index (χ3v) is 5.75. The van der Waals surface area contributed by atoms with Gasteiger partial charge in [-0.25, -0.2) is 17.2 Å². The number of halogens is 3. The summed E-state index contributed by atoms with van der Waals surface area (Å²) in [6.07, 6.45) is -2.01. The number of hydrogen-bond acceptors (Lipinski definition) is 4. The highest BCUT2D eigenvalue weighted by molar-refractivity contribution is 9.10. The number of nitro benzene ring substituents is 1. The first-order chi connectivity index (χ1) is 11.8. The maximum Gasteiger partial charge on any atom is 0.269 e. The number of alkyl halides is 2. The molecule has 0 N–H and O–H groups in total. The van der Waals surface area contributed by atoms with Gasteiger partial charge in [-0.1, -0.05) is 12.1 Å². The third kappa shape index (κ3) is 4.31. The molecule has 0 saturated heterocycles. The van der Waals surface area contributed by atoms with E-state index in [1.165, 1.54) is 6.07 Å². The smallest absolute Gasteiger partial charge is 0.262 e. The summed E-state index contributed by atoms with van der Waals surface area (Å²) >= 11 is 3.19. The molecule has 2 aromatic carbocycles. The Labute approximate surface area is 151 Å². The van der Waals surface area contributed by atoms with Crippen molar-refractivity contribution in [2.24, 2.45) is 0 Å². The molecule has 0 heterocycles. The summed E-state index contributed by atoms with van der Waals surface area (Å²) in [4.78, 5) is 9.77. The number of nitro groups is 1. The number of non-ortho nitro benzene ring substituents is 1. The summed E-state index contributed by atoms with van der Waals surface area (Å²) in [5.74, 6) is 0. The van der Waals surface area contributed by atoms with Gasteiger partial charge in [0.2, 0.25) is 0 Å². The molecule has 0 aliphatic rings. The molecular formula is C15H13BrF2N2O4S. The van der Waals surface area contributed by atoms with Crippen LogP contribution in [-0.2, 0) is 10.0 Å². The minimum Gasteiger partial charge on any atom is -0.262 e. The lowest BCUT2D eigenvalue weighted by atomic mass is 10.3. The number of sulfonamides is 1. The summed E-state index contributed by atoms with van der Waals surface area (Å²) in [6.45, 7) is -2.06. The fourth-order valence-electron chi connectivity index (χ4n) is 2.08. The Morgan fingerprint density at radius 2 is 1.76 bits per heavy atom. The van der Waals surface area contributed by atoms with Crippen molar-refractivity contribution in [2.45, 2.75) is 11.1 Å². The van der Waals surface area contributed by atoms with E-state index in [0.717, 1.165) is 28.6 Å². The highest BCUT2D eigenvalue weighted by atomic mass is 79.9. The van der Waals surface area contributed by atoms with Gasteiger partial charge in [0.15, 0.2) is 0 Å². The van der Waals surface area contributed by atoms with Crippen molar-refractivity contribution in [3.63, 3.8) is 0 Å². The zero-order chi connectivity index (χ0) is 18.6. The molecule has 1 unspecified atom stereocenters. The molecule has 6 nitrogen and oxygen atoms in total. The van der Waals surface area contributed by atoms with Gasteiger partial charge in [-0.3, -0.25) is 14.4 Å². The van der Waals surface area contributed by atoms with Crippen LogP contribution in [0.15, 0.2) is 57.9 Å². The van der Waals surface area contributed by atoms with Crippen LogP contribution in [0.25, 0.3) is 0 Å². The molecule has 0 aromatic heterocycles. The van der Waals surface area contributed by atoms with Crippen molar-refractivity contribution in [2.75, 3.05) is 17.5 Å². The fourth-order valence-corrected chi connectivity index (χ4v) is 4.20. The highest BCUT2D eigenvalue weighted by Gasteiger charge is 2.29. The second kappa shape index (κ2) is 7.87. The molecule has 0 radical (unpaired) electrons. The van der Waals surface area contributed by atoms with E-state index in [1.54, 1.807) is 18.2 Å². The molecule has 0 amide bonds. The van der Waals surface area contributed by atoms with Gasteiger partial charge in [-0.15, -0.1) is 0 Å². The first-order valence-electron chi connectivity index (χ1n) is 6.99. The molecule has 0 fully saturated rings. The van der Waals surface area contributed by atoms with Crippen molar-refractivity contribution in [3.8, 4) is 0 Å². The standard InChI is InChI=1S/C15H13BrF2N2O4S/c16-14-3-1-2-4-15(14)19(10-11(18)9-17)25(23,24)13-7-5-12(6-8-13)20(21)22/h1-8,11H,9-10H2. The Balaban J connectivity index is 2.51. The second-order valence-electron chi connectivity index (χ2n) is 4.99. The molecule has 1 atom stereocenters. The van der Waals surface area contributed by atoms with Crippen LogP contribution in [0, 0.1) is 10.1 Å². The Kier molecular flexibility index (Phi) is 6.07. The highest BCUT2D eigenvalue weighted by Crippen LogP contribution is 2.31. The lowest BCUT2D eigenvalue weighted by Gasteiger charge is -2.26. The van der Waals surface area contributed by atoms with Gasteiger partial charge >= 0.3 is 0 Å². The maximum absolute atomic E-state index is 13.6. The quantitative estimate of drug-likeness (QED) is 0.489. The molecule has 2 aromatic rings. The van der Waals surface area contributed by atoms with Gasteiger partial charge in [0.25, 0.3) is 15.7 Å². The number of nitrogens with zero attached hydrogens (tertiary/aromatic N) is 2. The topological polar surface area (TPSA) is 80.5 Å². The number of anilines is 1. The van der Waals surface area contributed by atoms with E-state index in [1.807, 2.05) is 0 Å². The van der Waals surface area contributed by atoms with E-state index in [9.17, 15) is 27.3 Å². The maximum atomic E-state index is 13.6. The molecule has 2 rings (SSSR count). The van der Waals surface area contributed by atoms with Gasteiger partial charge in [-0.05, 0) is 40.2 Å². The van der Waals surface area contributed by atoms with Gasteiger partial charge in [0, 0.05) is 16.6 Å². The van der Waals surface area contributed by atoms with Crippen LogP contribution < -0.4 is 4.31 Å². The average molecular weight is 435 g/mol. The lowest BCUT2D eigenvalue weighted by Crippen LogP contribution is -2.37. The van der Waals surface area contributed by atoms with Crippen LogP contribution in [0.4, 0.5) is 20.2 Å². The Bertz CT molecular complexity index is 862.